The van der Waals surface area contributed by atoms with Gasteiger partial charge in [-0.25, -0.2) is 0 Å². The smallest absolute Gasteiger partial charge is 0.320 e. The van der Waals surface area contributed by atoms with Gasteiger partial charge in [0.05, 0.1) is 0 Å². The Hall–Kier alpha value is -0.570. The number of hydrogen-bond donors (Lipinski definition) is 1. The summed E-state index contributed by atoms with van der Waals surface area (Å²) in [5.41, 5.74) is 0. The molecule has 0 aromatic carbocycles. The van der Waals surface area contributed by atoms with Gasteiger partial charge in [0.15, 0.2) is 0 Å². The number of fused-ring (bicyclic) bond motifs is 1. The van der Waals surface area contributed by atoms with Gasteiger partial charge >= 0.3 is 5.97 Å². The molecule has 3 heteroatoms. The van der Waals surface area contributed by atoms with E-state index in [9.17, 15) is 9.90 Å². The maximum Gasteiger partial charge on any atom is 0.320 e. The normalized spacial score (nSPS) is 37.6. The number of piperidine rings is 1. The van der Waals surface area contributed by atoms with Crippen molar-refractivity contribution < 1.29 is 9.90 Å². The van der Waals surface area contributed by atoms with Gasteiger partial charge in [0.1, 0.15) is 6.04 Å². The Morgan fingerprint density at radius 2 is 1.89 bits per heavy atom. The SMILES string of the molecule is CCC(C1CC1)N1C(C(=O)O)CCC2CCCCC21. The zero-order valence-electron chi connectivity index (χ0n) is 12.1. The van der Waals surface area contributed by atoms with Gasteiger partial charge in [0, 0.05) is 12.1 Å². The summed E-state index contributed by atoms with van der Waals surface area (Å²) in [7, 11) is 0. The lowest BCUT2D eigenvalue weighted by Gasteiger charge is -2.50. The van der Waals surface area contributed by atoms with Crippen LogP contribution in [0.1, 0.15) is 64.7 Å². The van der Waals surface area contributed by atoms with Crippen molar-refractivity contribution in [1.82, 2.24) is 4.90 Å². The van der Waals surface area contributed by atoms with E-state index < -0.39 is 5.97 Å². The van der Waals surface area contributed by atoms with Crippen LogP contribution < -0.4 is 0 Å². The summed E-state index contributed by atoms with van der Waals surface area (Å²) in [5, 5.41) is 9.60. The van der Waals surface area contributed by atoms with E-state index in [4.69, 9.17) is 0 Å². The monoisotopic (exact) mass is 265 g/mol. The van der Waals surface area contributed by atoms with Crippen LogP contribution in [-0.4, -0.2) is 34.1 Å². The van der Waals surface area contributed by atoms with E-state index in [0.717, 1.165) is 31.1 Å². The fraction of sp³-hybridized carbons (Fsp3) is 0.938. The molecule has 0 radical (unpaired) electrons. The van der Waals surface area contributed by atoms with Gasteiger partial charge in [-0.05, 0) is 56.8 Å². The number of carboxylic acids is 1. The van der Waals surface area contributed by atoms with Crippen molar-refractivity contribution in [2.24, 2.45) is 11.8 Å². The molecule has 2 saturated carbocycles. The first-order valence-electron chi connectivity index (χ1n) is 8.22. The van der Waals surface area contributed by atoms with E-state index in [1.54, 1.807) is 0 Å². The Bertz CT molecular complexity index is 340. The van der Waals surface area contributed by atoms with Crippen LogP contribution in [0.25, 0.3) is 0 Å². The van der Waals surface area contributed by atoms with Crippen LogP contribution in [0, 0.1) is 11.8 Å². The molecular formula is C16H27NO2. The molecule has 0 amide bonds. The van der Waals surface area contributed by atoms with E-state index in [1.807, 2.05) is 0 Å². The van der Waals surface area contributed by atoms with Gasteiger partial charge in [-0.1, -0.05) is 19.8 Å². The molecule has 19 heavy (non-hydrogen) atoms. The van der Waals surface area contributed by atoms with Crippen molar-refractivity contribution in [3.05, 3.63) is 0 Å². The molecule has 108 valence electrons. The maximum absolute atomic E-state index is 11.7. The third-order valence-electron chi connectivity index (χ3n) is 5.68. The van der Waals surface area contributed by atoms with Crippen molar-refractivity contribution in [2.45, 2.75) is 82.8 Å². The molecule has 3 rings (SSSR count). The minimum atomic E-state index is -0.580. The summed E-state index contributed by atoms with van der Waals surface area (Å²) in [4.78, 5) is 14.1. The number of carbonyl (C=O) groups is 1. The number of nitrogens with zero attached hydrogens (tertiary/aromatic N) is 1. The van der Waals surface area contributed by atoms with Crippen molar-refractivity contribution in [3.8, 4) is 0 Å². The first-order valence-corrected chi connectivity index (χ1v) is 8.22. The Labute approximate surface area is 116 Å². The number of hydrogen-bond acceptors (Lipinski definition) is 2. The first-order chi connectivity index (χ1) is 9.22. The molecular weight excluding hydrogens is 238 g/mol. The molecule has 0 aromatic rings. The quantitative estimate of drug-likeness (QED) is 0.848. The second kappa shape index (κ2) is 5.43. The highest BCUT2D eigenvalue weighted by Gasteiger charge is 2.47. The summed E-state index contributed by atoms with van der Waals surface area (Å²) >= 11 is 0. The van der Waals surface area contributed by atoms with E-state index in [1.165, 1.54) is 38.5 Å². The molecule has 2 aliphatic carbocycles. The average Bonchev–Trinajstić information content (AvgIpc) is 3.24. The standard InChI is InChI=1S/C16H27NO2/c1-2-13(12-7-8-12)17-14-6-4-3-5-11(14)9-10-15(17)16(18)19/h11-15H,2-10H2,1H3,(H,18,19). The molecule has 3 fully saturated rings. The van der Waals surface area contributed by atoms with Crippen LogP contribution in [0.15, 0.2) is 0 Å². The van der Waals surface area contributed by atoms with Crippen molar-refractivity contribution in [2.75, 3.05) is 0 Å². The topological polar surface area (TPSA) is 40.5 Å². The number of rotatable bonds is 4. The highest BCUT2D eigenvalue weighted by molar-refractivity contribution is 5.73. The molecule has 1 aliphatic heterocycles. The molecule has 3 nitrogen and oxygen atoms in total. The summed E-state index contributed by atoms with van der Waals surface area (Å²) < 4.78 is 0. The average molecular weight is 265 g/mol. The lowest BCUT2D eigenvalue weighted by molar-refractivity contribution is -0.151. The molecule has 0 aromatic heterocycles. The largest absolute Gasteiger partial charge is 0.480 e. The molecule has 1 N–H and O–H groups in total. The van der Waals surface area contributed by atoms with E-state index in [-0.39, 0.29) is 6.04 Å². The fourth-order valence-electron chi connectivity index (χ4n) is 4.67. The minimum Gasteiger partial charge on any atom is -0.480 e. The van der Waals surface area contributed by atoms with Crippen molar-refractivity contribution >= 4 is 5.97 Å². The summed E-state index contributed by atoms with van der Waals surface area (Å²) in [6.45, 7) is 2.24. The van der Waals surface area contributed by atoms with Crippen LogP contribution in [-0.2, 0) is 4.79 Å². The summed E-state index contributed by atoms with van der Waals surface area (Å²) in [6.07, 6.45) is 11.0. The summed E-state index contributed by atoms with van der Waals surface area (Å²) in [6, 6.07) is 0.894. The lowest BCUT2D eigenvalue weighted by atomic mass is 9.75. The highest BCUT2D eigenvalue weighted by Crippen LogP contribution is 2.45. The Morgan fingerprint density at radius 1 is 1.16 bits per heavy atom. The Balaban J connectivity index is 1.84. The highest BCUT2D eigenvalue weighted by atomic mass is 16.4. The second-order valence-electron chi connectivity index (χ2n) is 6.80. The molecule has 3 aliphatic rings. The third kappa shape index (κ3) is 2.54. The van der Waals surface area contributed by atoms with Crippen LogP contribution in [0.2, 0.25) is 0 Å². The molecule has 1 heterocycles. The van der Waals surface area contributed by atoms with Crippen molar-refractivity contribution in [3.63, 3.8) is 0 Å². The summed E-state index contributed by atoms with van der Waals surface area (Å²) in [5.74, 6) is 0.979. The lowest BCUT2D eigenvalue weighted by Crippen LogP contribution is -2.59. The van der Waals surface area contributed by atoms with Crippen LogP contribution in [0.4, 0.5) is 0 Å². The zero-order chi connectivity index (χ0) is 13.4. The van der Waals surface area contributed by atoms with Crippen molar-refractivity contribution in [1.29, 1.82) is 0 Å². The molecule has 1 saturated heterocycles. The number of aliphatic carboxylic acids is 1. The first kappa shape index (κ1) is 13.4. The Morgan fingerprint density at radius 3 is 2.53 bits per heavy atom. The predicted molar refractivity (Wildman–Crippen MR) is 75.0 cm³/mol. The molecule has 0 spiro atoms. The van der Waals surface area contributed by atoms with Gasteiger partial charge in [-0.15, -0.1) is 0 Å². The Kier molecular flexibility index (Phi) is 3.84. The van der Waals surface area contributed by atoms with Gasteiger partial charge in [0.25, 0.3) is 0 Å². The van der Waals surface area contributed by atoms with Gasteiger partial charge in [-0.2, -0.15) is 0 Å². The van der Waals surface area contributed by atoms with Gasteiger partial charge in [-0.3, -0.25) is 9.69 Å². The van der Waals surface area contributed by atoms with Crippen LogP contribution >= 0.6 is 0 Å². The fourth-order valence-corrected chi connectivity index (χ4v) is 4.67. The maximum atomic E-state index is 11.7. The minimum absolute atomic E-state index is 0.204. The van der Waals surface area contributed by atoms with Gasteiger partial charge < -0.3 is 5.11 Å². The number of carboxylic acid groups (broad SMARTS) is 1. The van der Waals surface area contributed by atoms with Crippen LogP contribution in [0.3, 0.4) is 0 Å². The zero-order valence-corrected chi connectivity index (χ0v) is 12.1. The molecule has 4 unspecified atom stereocenters. The molecule has 4 atom stereocenters. The molecule has 0 bridgehead atoms. The van der Waals surface area contributed by atoms with E-state index in [2.05, 4.69) is 11.8 Å². The second-order valence-corrected chi connectivity index (χ2v) is 6.80. The van der Waals surface area contributed by atoms with Gasteiger partial charge in [0.2, 0.25) is 0 Å². The number of likely N-dealkylation sites (tertiary alicyclic amines) is 1. The third-order valence-corrected chi connectivity index (χ3v) is 5.68. The predicted octanol–water partition coefficient (Wildman–Crippen LogP) is 3.28. The van der Waals surface area contributed by atoms with E-state index >= 15 is 0 Å². The van der Waals surface area contributed by atoms with E-state index in [0.29, 0.717) is 12.1 Å². The van der Waals surface area contributed by atoms with Crippen LogP contribution in [0.5, 0.6) is 0 Å².